The number of hydrogen-bond donors (Lipinski definition) is 1. The Morgan fingerprint density at radius 1 is 1.07 bits per heavy atom. The number of nitrogens with one attached hydrogen (secondary N) is 1. The van der Waals surface area contributed by atoms with Gasteiger partial charge in [-0.15, -0.1) is 13.2 Å². The molecule has 2 aromatic carbocycles. The molecule has 0 spiro atoms. The van der Waals surface area contributed by atoms with Crippen molar-refractivity contribution < 1.29 is 22.7 Å². The van der Waals surface area contributed by atoms with Crippen LogP contribution in [-0.2, 0) is 13.0 Å². The molecule has 4 rings (SSSR count). The number of anilines is 1. The largest absolute Gasteiger partial charge is 0.573 e. The Bertz CT molecular complexity index is 1150. The number of halogens is 3. The van der Waals surface area contributed by atoms with E-state index in [1.54, 1.807) is 16.7 Å². The Morgan fingerprint density at radius 2 is 1.83 bits per heavy atom. The summed E-state index contributed by atoms with van der Waals surface area (Å²) in [6, 6.07) is 9.51. The van der Waals surface area contributed by atoms with E-state index in [1.165, 1.54) is 18.2 Å². The zero-order valence-corrected chi connectivity index (χ0v) is 15.8. The maximum Gasteiger partial charge on any atom is 0.573 e. The fourth-order valence-corrected chi connectivity index (χ4v) is 3.50. The number of alkyl halides is 3. The van der Waals surface area contributed by atoms with Crippen LogP contribution in [0.1, 0.15) is 35.4 Å². The first-order chi connectivity index (χ1) is 14.3. The van der Waals surface area contributed by atoms with E-state index in [9.17, 15) is 22.8 Å². The first-order valence-electron chi connectivity index (χ1n) is 9.51. The molecule has 6 nitrogen and oxygen atoms in total. The molecule has 1 aliphatic rings. The first-order valence-corrected chi connectivity index (χ1v) is 9.51. The normalized spacial score (nSPS) is 14.1. The summed E-state index contributed by atoms with van der Waals surface area (Å²) in [5, 5.41) is 3.06. The van der Waals surface area contributed by atoms with Gasteiger partial charge in [-0.05, 0) is 55.3 Å². The molecule has 1 N–H and O–H groups in total. The van der Waals surface area contributed by atoms with Crippen LogP contribution in [0.2, 0.25) is 0 Å². The molecule has 1 aromatic heterocycles. The summed E-state index contributed by atoms with van der Waals surface area (Å²) < 4.78 is 42.2. The van der Waals surface area contributed by atoms with Crippen LogP contribution in [0.5, 0.6) is 5.75 Å². The maximum atomic E-state index is 12.8. The van der Waals surface area contributed by atoms with Gasteiger partial charge in [0, 0.05) is 24.2 Å². The van der Waals surface area contributed by atoms with Crippen molar-refractivity contribution in [2.75, 3.05) is 5.32 Å². The van der Waals surface area contributed by atoms with Crippen LogP contribution in [0.25, 0.3) is 10.9 Å². The molecule has 156 valence electrons. The van der Waals surface area contributed by atoms with Crippen LogP contribution in [-0.4, -0.2) is 21.8 Å². The second kappa shape index (κ2) is 7.81. The Labute approximate surface area is 169 Å². The molecule has 0 aliphatic carbocycles. The van der Waals surface area contributed by atoms with E-state index in [0.29, 0.717) is 35.1 Å². The minimum atomic E-state index is -4.78. The number of ether oxygens (including phenoxy) is 1. The summed E-state index contributed by atoms with van der Waals surface area (Å²) in [5.41, 5.74) is 0.951. The monoisotopic (exact) mass is 417 g/mol. The van der Waals surface area contributed by atoms with Crippen LogP contribution in [0.3, 0.4) is 0 Å². The van der Waals surface area contributed by atoms with Gasteiger partial charge in [0.15, 0.2) is 0 Å². The quantitative estimate of drug-likeness (QED) is 0.691. The van der Waals surface area contributed by atoms with Crippen molar-refractivity contribution in [1.82, 2.24) is 9.55 Å². The molecule has 0 bridgehead atoms. The lowest BCUT2D eigenvalue weighted by Crippen LogP contribution is -2.24. The van der Waals surface area contributed by atoms with Crippen molar-refractivity contribution in [3.8, 4) is 5.75 Å². The van der Waals surface area contributed by atoms with Crippen molar-refractivity contribution in [3.05, 3.63) is 64.2 Å². The number of carbonyl (C=O) groups is 1. The number of carbonyl (C=O) groups excluding carboxylic acids is 1. The molecule has 3 aromatic rings. The number of hydrogen-bond acceptors (Lipinski definition) is 4. The molecule has 0 saturated heterocycles. The summed E-state index contributed by atoms with van der Waals surface area (Å²) >= 11 is 0. The van der Waals surface area contributed by atoms with E-state index in [1.807, 2.05) is 0 Å². The molecule has 30 heavy (non-hydrogen) atoms. The zero-order valence-electron chi connectivity index (χ0n) is 15.8. The van der Waals surface area contributed by atoms with Gasteiger partial charge in [-0.2, -0.15) is 0 Å². The lowest BCUT2D eigenvalue weighted by molar-refractivity contribution is -0.274. The van der Waals surface area contributed by atoms with Crippen LogP contribution in [0, 0.1) is 0 Å². The average molecular weight is 417 g/mol. The van der Waals surface area contributed by atoms with Gasteiger partial charge in [-0.3, -0.25) is 14.2 Å². The molecule has 1 aliphatic heterocycles. The number of aromatic nitrogens is 2. The lowest BCUT2D eigenvalue weighted by Gasteiger charge is -2.11. The third-order valence-corrected chi connectivity index (χ3v) is 4.92. The molecule has 0 atom stereocenters. The molecule has 1 amide bonds. The molecule has 2 heterocycles. The molecular formula is C21H18F3N3O3. The summed E-state index contributed by atoms with van der Waals surface area (Å²) in [4.78, 5) is 29.9. The standard InChI is InChI=1S/C21H18F3N3O3/c22-21(23,24)30-15-8-6-14(7-9-15)25-19(28)13-5-10-16-17(12-13)26-18-4-2-1-3-11-27(18)20(16)29/h5-10,12H,1-4,11H2,(H,25,28). The third kappa shape index (κ3) is 4.29. The van der Waals surface area contributed by atoms with Crippen LogP contribution in [0.4, 0.5) is 18.9 Å². The average Bonchev–Trinajstić information content (AvgIpc) is 2.94. The number of fused-ring (bicyclic) bond motifs is 2. The summed E-state index contributed by atoms with van der Waals surface area (Å²) in [6.45, 7) is 0.646. The van der Waals surface area contributed by atoms with E-state index in [-0.39, 0.29) is 11.3 Å². The smallest absolute Gasteiger partial charge is 0.406 e. The molecule has 0 radical (unpaired) electrons. The van der Waals surface area contributed by atoms with Gasteiger partial charge in [0.05, 0.1) is 10.9 Å². The minimum Gasteiger partial charge on any atom is -0.406 e. The summed E-state index contributed by atoms with van der Waals surface area (Å²) in [5.74, 6) is -0.113. The fourth-order valence-electron chi connectivity index (χ4n) is 3.50. The van der Waals surface area contributed by atoms with Crippen molar-refractivity contribution in [2.24, 2.45) is 0 Å². The predicted molar refractivity (Wildman–Crippen MR) is 105 cm³/mol. The van der Waals surface area contributed by atoms with Gasteiger partial charge in [0.1, 0.15) is 11.6 Å². The Balaban J connectivity index is 1.57. The van der Waals surface area contributed by atoms with Gasteiger partial charge < -0.3 is 10.1 Å². The number of nitrogens with zero attached hydrogens (tertiary/aromatic N) is 2. The Hall–Kier alpha value is -3.36. The number of aryl methyl sites for hydroxylation is 1. The topological polar surface area (TPSA) is 73.2 Å². The van der Waals surface area contributed by atoms with Crippen LogP contribution in [0.15, 0.2) is 47.3 Å². The van der Waals surface area contributed by atoms with Crippen molar-refractivity contribution in [2.45, 2.75) is 38.6 Å². The number of benzene rings is 2. The van der Waals surface area contributed by atoms with Gasteiger partial charge in [-0.1, -0.05) is 6.42 Å². The Morgan fingerprint density at radius 3 is 2.57 bits per heavy atom. The fraction of sp³-hybridized carbons (Fsp3) is 0.286. The second-order valence-corrected chi connectivity index (χ2v) is 7.05. The second-order valence-electron chi connectivity index (χ2n) is 7.05. The highest BCUT2D eigenvalue weighted by Gasteiger charge is 2.31. The van der Waals surface area contributed by atoms with E-state index in [0.717, 1.165) is 37.2 Å². The lowest BCUT2D eigenvalue weighted by atomic mass is 10.1. The minimum absolute atomic E-state index is 0.107. The summed E-state index contributed by atoms with van der Waals surface area (Å²) in [6.07, 6.45) is -1.12. The van der Waals surface area contributed by atoms with E-state index in [4.69, 9.17) is 0 Å². The predicted octanol–water partition coefficient (Wildman–Crippen LogP) is 4.27. The SMILES string of the molecule is O=C(Nc1ccc(OC(F)(F)F)cc1)c1ccc2c(=O)n3c(nc2c1)CCCCC3. The number of amides is 1. The van der Waals surface area contributed by atoms with Crippen LogP contribution >= 0.6 is 0 Å². The van der Waals surface area contributed by atoms with E-state index < -0.39 is 12.3 Å². The van der Waals surface area contributed by atoms with E-state index >= 15 is 0 Å². The van der Waals surface area contributed by atoms with Gasteiger partial charge >= 0.3 is 6.36 Å². The van der Waals surface area contributed by atoms with Crippen molar-refractivity contribution >= 4 is 22.5 Å². The third-order valence-electron chi connectivity index (χ3n) is 4.92. The first kappa shape index (κ1) is 19.9. The highest BCUT2D eigenvalue weighted by molar-refractivity contribution is 6.06. The highest BCUT2D eigenvalue weighted by atomic mass is 19.4. The highest BCUT2D eigenvalue weighted by Crippen LogP contribution is 2.24. The van der Waals surface area contributed by atoms with Gasteiger partial charge in [0.2, 0.25) is 0 Å². The molecule has 0 unspecified atom stereocenters. The molecule has 9 heteroatoms. The van der Waals surface area contributed by atoms with Gasteiger partial charge in [-0.25, -0.2) is 4.98 Å². The Kier molecular flexibility index (Phi) is 5.19. The molecule has 0 saturated carbocycles. The zero-order chi connectivity index (χ0) is 21.3. The maximum absolute atomic E-state index is 12.8. The van der Waals surface area contributed by atoms with Gasteiger partial charge in [0.25, 0.3) is 11.5 Å². The molecule has 0 fully saturated rings. The number of rotatable bonds is 3. The summed E-state index contributed by atoms with van der Waals surface area (Å²) in [7, 11) is 0. The van der Waals surface area contributed by atoms with Crippen LogP contribution < -0.4 is 15.6 Å². The molecular weight excluding hydrogens is 399 g/mol. The van der Waals surface area contributed by atoms with Crippen molar-refractivity contribution in [1.29, 1.82) is 0 Å². The van der Waals surface area contributed by atoms with E-state index in [2.05, 4.69) is 15.0 Å². The van der Waals surface area contributed by atoms with Crippen molar-refractivity contribution in [3.63, 3.8) is 0 Å².